The standard InChI is InChI=1S/C9H8N6OS/c1-15-8(12-13-14-15)17-9-11-6-3-2-5(10)4-7(6)16-9/h2-4H,10H2,1H3. The van der Waals surface area contributed by atoms with Crippen molar-refractivity contribution >= 4 is 28.5 Å². The fourth-order valence-electron chi connectivity index (χ4n) is 1.35. The van der Waals surface area contributed by atoms with Gasteiger partial charge in [-0.1, -0.05) is 0 Å². The quantitative estimate of drug-likeness (QED) is 0.678. The van der Waals surface area contributed by atoms with Gasteiger partial charge in [-0.15, -0.1) is 5.10 Å². The van der Waals surface area contributed by atoms with E-state index in [-0.39, 0.29) is 0 Å². The second-order valence-corrected chi connectivity index (χ2v) is 4.31. The number of rotatable bonds is 2. The molecule has 3 aromatic rings. The average molecular weight is 248 g/mol. The van der Waals surface area contributed by atoms with Crippen molar-refractivity contribution in [2.75, 3.05) is 5.73 Å². The van der Waals surface area contributed by atoms with E-state index >= 15 is 0 Å². The van der Waals surface area contributed by atoms with Crippen LogP contribution in [0.25, 0.3) is 11.1 Å². The summed E-state index contributed by atoms with van der Waals surface area (Å²) in [6.07, 6.45) is 0. The van der Waals surface area contributed by atoms with Crippen LogP contribution in [0, 0.1) is 0 Å². The Kier molecular flexibility index (Phi) is 2.22. The average Bonchev–Trinajstić information content (AvgIpc) is 2.85. The molecule has 0 aliphatic heterocycles. The molecule has 0 bridgehead atoms. The zero-order valence-electron chi connectivity index (χ0n) is 8.86. The van der Waals surface area contributed by atoms with Gasteiger partial charge in [0, 0.05) is 30.6 Å². The minimum atomic E-state index is 0.489. The molecule has 0 aliphatic carbocycles. The summed E-state index contributed by atoms with van der Waals surface area (Å²) in [4.78, 5) is 4.30. The minimum Gasteiger partial charge on any atom is -0.431 e. The smallest absolute Gasteiger partial charge is 0.264 e. The molecular formula is C9H8N6OS. The monoisotopic (exact) mass is 248 g/mol. The Hall–Kier alpha value is -2.09. The molecule has 1 aromatic carbocycles. The topological polar surface area (TPSA) is 95.7 Å². The van der Waals surface area contributed by atoms with Crippen molar-refractivity contribution in [2.24, 2.45) is 7.05 Å². The number of aryl methyl sites for hydroxylation is 1. The summed E-state index contributed by atoms with van der Waals surface area (Å²) in [5.41, 5.74) is 7.72. The minimum absolute atomic E-state index is 0.489. The fourth-order valence-corrected chi connectivity index (χ4v) is 2.03. The van der Waals surface area contributed by atoms with Gasteiger partial charge in [0.15, 0.2) is 5.58 Å². The second kappa shape index (κ2) is 3.74. The number of aromatic nitrogens is 5. The molecule has 2 heterocycles. The van der Waals surface area contributed by atoms with Gasteiger partial charge in [-0.2, -0.15) is 0 Å². The highest BCUT2D eigenvalue weighted by Gasteiger charge is 2.11. The summed E-state index contributed by atoms with van der Waals surface area (Å²) in [5.74, 6) is 0. The van der Waals surface area contributed by atoms with Crippen molar-refractivity contribution in [3.63, 3.8) is 0 Å². The van der Waals surface area contributed by atoms with E-state index in [4.69, 9.17) is 10.2 Å². The Balaban J connectivity index is 1.99. The molecule has 2 aromatic heterocycles. The first kappa shape index (κ1) is 10.1. The molecule has 0 unspecified atom stereocenters. The van der Waals surface area contributed by atoms with Crippen LogP contribution in [-0.2, 0) is 7.05 Å². The lowest BCUT2D eigenvalue weighted by atomic mass is 10.3. The van der Waals surface area contributed by atoms with E-state index in [0.29, 0.717) is 21.6 Å². The molecule has 7 nitrogen and oxygen atoms in total. The maximum atomic E-state index is 5.66. The Morgan fingerprint density at radius 3 is 3.06 bits per heavy atom. The van der Waals surface area contributed by atoms with Crippen molar-refractivity contribution < 1.29 is 4.42 Å². The maximum absolute atomic E-state index is 5.66. The highest BCUT2D eigenvalue weighted by Crippen LogP contribution is 2.28. The van der Waals surface area contributed by atoms with E-state index in [1.165, 1.54) is 11.8 Å². The molecule has 0 saturated heterocycles. The molecule has 8 heteroatoms. The van der Waals surface area contributed by atoms with E-state index < -0.39 is 0 Å². The van der Waals surface area contributed by atoms with Crippen LogP contribution in [-0.4, -0.2) is 25.2 Å². The number of nitrogen functional groups attached to an aromatic ring is 1. The molecule has 86 valence electrons. The van der Waals surface area contributed by atoms with Crippen LogP contribution in [0.2, 0.25) is 0 Å². The number of tetrazole rings is 1. The van der Waals surface area contributed by atoms with Crippen molar-refractivity contribution in [3.05, 3.63) is 18.2 Å². The lowest BCUT2D eigenvalue weighted by molar-refractivity contribution is 0.487. The molecule has 0 spiro atoms. The van der Waals surface area contributed by atoms with Crippen molar-refractivity contribution in [3.8, 4) is 0 Å². The second-order valence-electron chi connectivity index (χ2n) is 3.39. The predicted octanol–water partition coefficient (Wildman–Crippen LogP) is 1.08. The van der Waals surface area contributed by atoms with E-state index in [0.717, 1.165) is 5.52 Å². The summed E-state index contributed by atoms with van der Waals surface area (Å²) in [6, 6.07) is 5.33. The third-order valence-electron chi connectivity index (χ3n) is 2.15. The normalized spacial score (nSPS) is 11.1. The van der Waals surface area contributed by atoms with Gasteiger partial charge in [0.1, 0.15) is 5.52 Å². The summed E-state index contributed by atoms with van der Waals surface area (Å²) in [5, 5.41) is 12.2. The van der Waals surface area contributed by atoms with Crippen LogP contribution < -0.4 is 5.73 Å². The summed E-state index contributed by atoms with van der Waals surface area (Å²) >= 11 is 1.26. The number of anilines is 1. The number of fused-ring (bicyclic) bond motifs is 1. The molecule has 0 radical (unpaired) electrons. The van der Waals surface area contributed by atoms with E-state index in [2.05, 4.69) is 20.5 Å². The lowest BCUT2D eigenvalue weighted by Crippen LogP contribution is -1.92. The Morgan fingerprint density at radius 2 is 2.29 bits per heavy atom. The number of hydrogen-bond acceptors (Lipinski definition) is 7. The van der Waals surface area contributed by atoms with Gasteiger partial charge >= 0.3 is 0 Å². The van der Waals surface area contributed by atoms with Crippen LogP contribution in [0.4, 0.5) is 5.69 Å². The maximum Gasteiger partial charge on any atom is 0.264 e. The van der Waals surface area contributed by atoms with Crippen LogP contribution in [0.5, 0.6) is 0 Å². The molecule has 0 saturated carbocycles. The number of oxazole rings is 1. The molecule has 2 N–H and O–H groups in total. The van der Waals surface area contributed by atoms with Gasteiger partial charge in [-0.25, -0.2) is 9.67 Å². The first-order valence-electron chi connectivity index (χ1n) is 4.78. The van der Waals surface area contributed by atoms with Crippen molar-refractivity contribution in [2.45, 2.75) is 10.4 Å². The number of hydrogen-bond donors (Lipinski definition) is 1. The van der Waals surface area contributed by atoms with Crippen molar-refractivity contribution in [1.82, 2.24) is 25.2 Å². The van der Waals surface area contributed by atoms with Crippen molar-refractivity contribution in [1.29, 1.82) is 0 Å². The molecule has 0 amide bonds. The SMILES string of the molecule is Cn1nnnc1Sc1nc2ccc(N)cc2o1. The third-order valence-corrected chi connectivity index (χ3v) is 3.03. The largest absolute Gasteiger partial charge is 0.431 e. The Morgan fingerprint density at radius 1 is 1.41 bits per heavy atom. The molecule has 0 fully saturated rings. The highest BCUT2D eigenvalue weighted by molar-refractivity contribution is 7.99. The first-order chi connectivity index (χ1) is 8.22. The predicted molar refractivity (Wildman–Crippen MR) is 61.3 cm³/mol. The number of benzene rings is 1. The molecule has 3 rings (SSSR count). The number of nitrogens with zero attached hydrogens (tertiary/aromatic N) is 5. The molecular weight excluding hydrogens is 240 g/mol. The zero-order valence-corrected chi connectivity index (χ0v) is 9.68. The first-order valence-corrected chi connectivity index (χ1v) is 5.60. The Bertz CT molecular complexity index is 675. The van der Waals surface area contributed by atoms with Crippen LogP contribution in [0.15, 0.2) is 33.0 Å². The summed E-state index contributed by atoms with van der Waals surface area (Å²) < 4.78 is 7.09. The van der Waals surface area contributed by atoms with Crippen LogP contribution >= 0.6 is 11.8 Å². The van der Waals surface area contributed by atoms with Crippen LogP contribution in [0.1, 0.15) is 0 Å². The van der Waals surface area contributed by atoms with E-state index in [9.17, 15) is 0 Å². The summed E-state index contributed by atoms with van der Waals surface area (Å²) in [7, 11) is 1.75. The van der Waals surface area contributed by atoms with Gasteiger partial charge in [0.2, 0.25) is 5.16 Å². The summed E-state index contributed by atoms with van der Waals surface area (Å²) in [6.45, 7) is 0. The van der Waals surface area contributed by atoms with Gasteiger partial charge in [0.05, 0.1) is 0 Å². The highest BCUT2D eigenvalue weighted by atomic mass is 32.2. The molecule has 0 aliphatic rings. The Labute approximate surface area is 100.0 Å². The lowest BCUT2D eigenvalue weighted by Gasteiger charge is -1.91. The van der Waals surface area contributed by atoms with Crippen LogP contribution in [0.3, 0.4) is 0 Å². The molecule has 17 heavy (non-hydrogen) atoms. The number of nitrogens with two attached hydrogens (primary N) is 1. The van der Waals surface area contributed by atoms with Gasteiger partial charge in [0.25, 0.3) is 5.22 Å². The van der Waals surface area contributed by atoms with E-state index in [1.807, 2.05) is 6.07 Å². The molecule has 0 atom stereocenters. The van der Waals surface area contributed by atoms with Gasteiger partial charge in [-0.3, -0.25) is 0 Å². The zero-order chi connectivity index (χ0) is 11.8. The fraction of sp³-hybridized carbons (Fsp3) is 0.111. The third kappa shape index (κ3) is 1.82. The van der Waals surface area contributed by atoms with Gasteiger partial charge in [-0.05, 0) is 22.6 Å². The van der Waals surface area contributed by atoms with E-state index in [1.54, 1.807) is 23.9 Å². The van der Waals surface area contributed by atoms with Gasteiger partial charge < -0.3 is 10.2 Å².